The Hall–Kier alpha value is -0.840. The van der Waals surface area contributed by atoms with Crippen LogP contribution in [0.3, 0.4) is 0 Å². The van der Waals surface area contributed by atoms with Gasteiger partial charge < -0.3 is 10.5 Å². The molecule has 0 aromatic heterocycles. The number of thiocarbonyl (C=S) groups is 1. The van der Waals surface area contributed by atoms with Crippen molar-refractivity contribution in [3.63, 3.8) is 0 Å². The fourth-order valence-corrected chi connectivity index (χ4v) is 2.53. The minimum atomic E-state index is 0.298. The van der Waals surface area contributed by atoms with Crippen molar-refractivity contribution in [3.05, 3.63) is 28.8 Å². The molecular weight excluding hydrogens is 292 g/mol. The van der Waals surface area contributed by atoms with Crippen molar-refractivity contribution in [2.24, 2.45) is 5.73 Å². The summed E-state index contributed by atoms with van der Waals surface area (Å²) in [6.45, 7) is 10.2. The minimum absolute atomic E-state index is 0.298. The van der Waals surface area contributed by atoms with Crippen molar-refractivity contribution in [2.45, 2.75) is 39.8 Å². The molecule has 0 radical (unpaired) electrons. The molecule has 0 unspecified atom stereocenters. The number of hydrogen-bond donors (Lipinski definition) is 1. The third-order valence-corrected chi connectivity index (χ3v) is 3.60. The zero-order valence-corrected chi connectivity index (χ0v) is 14.1. The summed E-state index contributed by atoms with van der Waals surface area (Å²) < 4.78 is 5.82. The topological polar surface area (TPSA) is 38.5 Å². The standard InChI is InChI=1S/C15H23ClN2OS/c1-10(2)18(11(3)4)7-8-19-14-6-5-12(16)9-13(14)15(17)20/h5-6,9-11H,7-8H2,1-4H3,(H2,17,20). The third kappa shape index (κ3) is 4.93. The van der Waals surface area contributed by atoms with E-state index < -0.39 is 0 Å². The van der Waals surface area contributed by atoms with E-state index in [0.717, 1.165) is 6.54 Å². The van der Waals surface area contributed by atoms with Gasteiger partial charge >= 0.3 is 0 Å². The van der Waals surface area contributed by atoms with Crippen LogP contribution >= 0.6 is 23.8 Å². The van der Waals surface area contributed by atoms with E-state index >= 15 is 0 Å². The van der Waals surface area contributed by atoms with Crippen LogP contribution in [0, 0.1) is 0 Å². The Morgan fingerprint density at radius 1 is 1.30 bits per heavy atom. The molecule has 1 aromatic rings. The summed E-state index contributed by atoms with van der Waals surface area (Å²) in [6, 6.07) is 6.30. The highest BCUT2D eigenvalue weighted by Crippen LogP contribution is 2.23. The summed E-state index contributed by atoms with van der Waals surface area (Å²) >= 11 is 11.0. The van der Waals surface area contributed by atoms with Crippen molar-refractivity contribution in [2.75, 3.05) is 13.2 Å². The van der Waals surface area contributed by atoms with E-state index in [1.165, 1.54) is 0 Å². The highest BCUT2D eigenvalue weighted by atomic mass is 35.5. The third-order valence-electron chi connectivity index (χ3n) is 3.14. The SMILES string of the molecule is CC(C)N(CCOc1ccc(Cl)cc1C(N)=S)C(C)C. The number of hydrogen-bond acceptors (Lipinski definition) is 3. The average molecular weight is 315 g/mol. The monoisotopic (exact) mass is 314 g/mol. The molecule has 0 bridgehead atoms. The first-order valence-electron chi connectivity index (χ1n) is 6.80. The Morgan fingerprint density at radius 2 is 1.90 bits per heavy atom. The van der Waals surface area contributed by atoms with Crippen LogP contribution in [0.1, 0.15) is 33.3 Å². The van der Waals surface area contributed by atoms with E-state index in [-0.39, 0.29) is 0 Å². The second kappa shape index (κ2) is 7.81. The number of benzene rings is 1. The van der Waals surface area contributed by atoms with E-state index in [1.807, 2.05) is 6.07 Å². The molecule has 1 rings (SSSR count). The summed E-state index contributed by atoms with van der Waals surface area (Å²) in [4.78, 5) is 2.67. The van der Waals surface area contributed by atoms with Crippen LogP contribution in [0.4, 0.5) is 0 Å². The largest absolute Gasteiger partial charge is 0.492 e. The zero-order chi connectivity index (χ0) is 15.3. The fraction of sp³-hybridized carbons (Fsp3) is 0.533. The minimum Gasteiger partial charge on any atom is -0.492 e. The van der Waals surface area contributed by atoms with E-state index in [0.29, 0.717) is 40.0 Å². The van der Waals surface area contributed by atoms with Gasteiger partial charge in [-0.15, -0.1) is 0 Å². The molecule has 0 amide bonds. The van der Waals surface area contributed by atoms with Crippen molar-refractivity contribution < 1.29 is 4.74 Å². The first-order valence-corrected chi connectivity index (χ1v) is 7.59. The Bertz CT molecular complexity index is 455. The lowest BCUT2D eigenvalue weighted by Gasteiger charge is -2.30. The van der Waals surface area contributed by atoms with E-state index in [1.54, 1.807) is 12.1 Å². The van der Waals surface area contributed by atoms with Gasteiger partial charge in [0, 0.05) is 23.7 Å². The van der Waals surface area contributed by atoms with Crippen molar-refractivity contribution in [1.82, 2.24) is 4.90 Å². The van der Waals surface area contributed by atoms with Gasteiger partial charge in [-0.05, 0) is 45.9 Å². The fourth-order valence-electron chi connectivity index (χ4n) is 2.19. The molecule has 20 heavy (non-hydrogen) atoms. The second-order valence-electron chi connectivity index (χ2n) is 5.28. The van der Waals surface area contributed by atoms with Gasteiger partial charge in [0.15, 0.2) is 0 Å². The number of halogens is 1. The maximum absolute atomic E-state index is 5.95. The van der Waals surface area contributed by atoms with Gasteiger partial charge in [-0.1, -0.05) is 23.8 Å². The number of ether oxygens (including phenoxy) is 1. The van der Waals surface area contributed by atoms with E-state index in [9.17, 15) is 0 Å². The molecule has 3 nitrogen and oxygen atoms in total. The van der Waals surface area contributed by atoms with Crippen molar-refractivity contribution >= 4 is 28.8 Å². The first kappa shape index (κ1) is 17.2. The predicted molar refractivity (Wildman–Crippen MR) is 89.8 cm³/mol. The smallest absolute Gasteiger partial charge is 0.129 e. The van der Waals surface area contributed by atoms with E-state index in [4.69, 9.17) is 34.3 Å². The highest BCUT2D eigenvalue weighted by molar-refractivity contribution is 7.80. The van der Waals surface area contributed by atoms with Gasteiger partial charge in [-0.2, -0.15) is 0 Å². The summed E-state index contributed by atoms with van der Waals surface area (Å²) in [5.41, 5.74) is 6.38. The quantitative estimate of drug-likeness (QED) is 0.782. The second-order valence-corrected chi connectivity index (χ2v) is 6.15. The normalized spacial score (nSPS) is 11.4. The van der Waals surface area contributed by atoms with Crippen molar-refractivity contribution in [3.8, 4) is 5.75 Å². The molecule has 0 aliphatic heterocycles. The summed E-state index contributed by atoms with van der Waals surface area (Å²) in [5.74, 6) is 0.689. The first-order chi connectivity index (χ1) is 9.32. The Morgan fingerprint density at radius 3 is 2.40 bits per heavy atom. The molecule has 0 atom stereocenters. The zero-order valence-electron chi connectivity index (χ0n) is 12.5. The molecular formula is C15H23ClN2OS. The summed E-state index contributed by atoms with van der Waals surface area (Å²) in [7, 11) is 0. The molecule has 5 heteroatoms. The maximum atomic E-state index is 5.95. The summed E-state index contributed by atoms with van der Waals surface area (Å²) in [5, 5.41) is 0.603. The van der Waals surface area contributed by atoms with Gasteiger partial charge in [0.1, 0.15) is 17.3 Å². The number of nitrogens with zero attached hydrogens (tertiary/aromatic N) is 1. The number of nitrogens with two attached hydrogens (primary N) is 1. The lowest BCUT2D eigenvalue weighted by molar-refractivity contribution is 0.142. The van der Waals surface area contributed by atoms with Gasteiger partial charge in [-0.25, -0.2) is 0 Å². The maximum Gasteiger partial charge on any atom is 0.129 e. The van der Waals surface area contributed by atoms with Gasteiger partial charge in [0.2, 0.25) is 0 Å². The van der Waals surface area contributed by atoms with E-state index in [2.05, 4.69) is 32.6 Å². The molecule has 0 aliphatic carbocycles. The van der Waals surface area contributed by atoms with Gasteiger partial charge in [-0.3, -0.25) is 4.90 Å². The molecule has 0 heterocycles. The molecule has 0 saturated carbocycles. The van der Waals surface area contributed by atoms with Crippen LogP contribution in [-0.4, -0.2) is 35.1 Å². The van der Waals surface area contributed by atoms with Crippen LogP contribution in [-0.2, 0) is 0 Å². The Labute approximate surface area is 132 Å². The molecule has 1 aromatic carbocycles. The lowest BCUT2D eigenvalue weighted by atomic mass is 10.2. The predicted octanol–water partition coefficient (Wildman–Crippen LogP) is 3.47. The molecule has 2 N–H and O–H groups in total. The lowest BCUT2D eigenvalue weighted by Crippen LogP contribution is -2.39. The van der Waals surface area contributed by atoms with Gasteiger partial charge in [0.25, 0.3) is 0 Å². The molecule has 0 spiro atoms. The van der Waals surface area contributed by atoms with Crippen LogP contribution in [0.25, 0.3) is 0 Å². The molecule has 0 fully saturated rings. The molecule has 0 aliphatic rings. The average Bonchev–Trinajstić information content (AvgIpc) is 2.34. The van der Waals surface area contributed by atoms with Crippen LogP contribution in [0.2, 0.25) is 5.02 Å². The van der Waals surface area contributed by atoms with Crippen LogP contribution in [0.15, 0.2) is 18.2 Å². The molecule has 112 valence electrons. The van der Waals surface area contributed by atoms with Crippen LogP contribution in [0.5, 0.6) is 5.75 Å². The highest BCUT2D eigenvalue weighted by Gasteiger charge is 2.14. The van der Waals surface area contributed by atoms with Gasteiger partial charge in [0.05, 0.1) is 5.56 Å². The Kier molecular flexibility index (Phi) is 6.72. The number of rotatable bonds is 7. The Balaban J connectivity index is 2.68. The molecule has 0 saturated heterocycles. The van der Waals surface area contributed by atoms with Crippen LogP contribution < -0.4 is 10.5 Å². The van der Waals surface area contributed by atoms with Crippen molar-refractivity contribution in [1.29, 1.82) is 0 Å². The summed E-state index contributed by atoms with van der Waals surface area (Å²) in [6.07, 6.45) is 0.